The van der Waals surface area contributed by atoms with Gasteiger partial charge in [0.1, 0.15) is 6.61 Å². The molecule has 186 valence electrons. The largest absolute Gasteiger partial charge is 0.490 e. The Kier molecular flexibility index (Phi) is 8.25. The van der Waals surface area contributed by atoms with Gasteiger partial charge in [-0.15, -0.1) is 0 Å². The first kappa shape index (κ1) is 24.9. The number of hydrogen-bond donors (Lipinski definition) is 2. The first-order valence-electron chi connectivity index (χ1n) is 11.2. The van der Waals surface area contributed by atoms with Crippen molar-refractivity contribution in [1.29, 1.82) is 0 Å². The van der Waals surface area contributed by atoms with E-state index in [9.17, 15) is 9.59 Å². The number of carbonyl (C=O) groups is 2. The van der Waals surface area contributed by atoms with Gasteiger partial charge in [-0.3, -0.25) is 9.59 Å². The van der Waals surface area contributed by atoms with Crippen LogP contribution in [0.2, 0.25) is 5.02 Å². The summed E-state index contributed by atoms with van der Waals surface area (Å²) in [4.78, 5) is 24.4. The molecule has 0 saturated carbocycles. The first-order valence-corrected chi connectivity index (χ1v) is 11.5. The fourth-order valence-corrected chi connectivity index (χ4v) is 3.38. The Bertz CT molecular complexity index is 1260. The van der Waals surface area contributed by atoms with Crippen LogP contribution in [0.4, 0.5) is 0 Å². The number of rotatable bonds is 10. The number of fused-ring (bicyclic) bond motifs is 1. The van der Waals surface area contributed by atoms with Gasteiger partial charge in [-0.05, 0) is 66.6 Å². The van der Waals surface area contributed by atoms with E-state index in [1.807, 2.05) is 19.1 Å². The highest BCUT2D eigenvalue weighted by atomic mass is 35.5. The van der Waals surface area contributed by atoms with Crippen molar-refractivity contribution in [3.05, 3.63) is 82.4 Å². The molecule has 0 aromatic heterocycles. The fraction of sp³-hybridized carbons (Fsp3) is 0.192. The molecule has 0 spiro atoms. The SMILES string of the molecule is CCOc1cc(/C=N\NC(=O)CNC(=O)c2ccc3c(c2)OCO3)ccc1OCc1ccc(Cl)cc1. The third kappa shape index (κ3) is 6.67. The lowest BCUT2D eigenvalue weighted by Gasteiger charge is -2.12. The summed E-state index contributed by atoms with van der Waals surface area (Å²) in [6.07, 6.45) is 1.48. The van der Waals surface area contributed by atoms with Crippen LogP contribution in [0.1, 0.15) is 28.4 Å². The average molecular weight is 510 g/mol. The zero-order chi connectivity index (χ0) is 25.3. The summed E-state index contributed by atoms with van der Waals surface area (Å²) < 4.78 is 22.1. The van der Waals surface area contributed by atoms with Crippen molar-refractivity contribution < 1.29 is 28.5 Å². The second-order valence-corrected chi connectivity index (χ2v) is 8.03. The second-order valence-electron chi connectivity index (χ2n) is 7.60. The van der Waals surface area contributed by atoms with Crippen molar-refractivity contribution in [3.63, 3.8) is 0 Å². The van der Waals surface area contributed by atoms with Gasteiger partial charge in [0.25, 0.3) is 11.8 Å². The normalized spacial score (nSPS) is 11.8. The Morgan fingerprint density at radius 3 is 2.61 bits per heavy atom. The Morgan fingerprint density at radius 2 is 1.81 bits per heavy atom. The van der Waals surface area contributed by atoms with Crippen LogP contribution >= 0.6 is 11.6 Å². The highest BCUT2D eigenvalue weighted by Crippen LogP contribution is 2.32. The lowest BCUT2D eigenvalue weighted by molar-refractivity contribution is -0.120. The van der Waals surface area contributed by atoms with E-state index in [2.05, 4.69) is 15.8 Å². The summed E-state index contributed by atoms with van der Waals surface area (Å²) in [5.41, 5.74) is 4.41. The predicted octanol–water partition coefficient (Wildman–Crippen LogP) is 3.93. The van der Waals surface area contributed by atoms with Crippen LogP contribution in [0.3, 0.4) is 0 Å². The zero-order valence-corrected chi connectivity index (χ0v) is 20.2. The Labute approximate surface area is 213 Å². The number of hydrazone groups is 1. The highest BCUT2D eigenvalue weighted by molar-refractivity contribution is 6.30. The van der Waals surface area contributed by atoms with E-state index in [4.69, 9.17) is 30.5 Å². The van der Waals surface area contributed by atoms with E-state index in [0.29, 0.717) is 52.4 Å². The Balaban J connectivity index is 1.28. The van der Waals surface area contributed by atoms with Gasteiger partial charge in [0, 0.05) is 10.6 Å². The van der Waals surface area contributed by atoms with Crippen molar-refractivity contribution in [2.75, 3.05) is 19.9 Å². The van der Waals surface area contributed by atoms with Crippen molar-refractivity contribution in [3.8, 4) is 23.0 Å². The zero-order valence-electron chi connectivity index (χ0n) is 19.5. The van der Waals surface area contributed by atoms with E-state index >= 15 is 0 Å². The van der Waals surface area contributed by atoms with Crippen molar-refractivity contribution in [2.24, 2.45) is 5.10 Å². The molecular formula is C26H24ClN3O6. The highest BCUT2D eigenvalue weighted by Gasteiger charge is 2.16. The molecule has 0 aliphatic carbocycles. The van der Waals surface area contributed by atoms with Gasteiger partial charge in [0.2, 0.25) is 6.79 Å². The van der Waals surface area contributed by atoms with E-state index < -0.39 is 11.8 Å². The molecule has 10 heteroatoms. The number of ether oxygens (including phenoxy) is 4. The first-order chi connectivity index (χ1) is 17.5. The van der Waals surface area contributed by atoms with E-state index in [0.717, 1.165) is 5.56 Å². The van der Waals surface area contributed by atoms with Crippen molar-refractivity contribution in [2.45, 2.75) is 13.5 Å². The molecule has 3 aromatic carbocycles. The number of carbonyl (C=O) groups excluding carboxylic acids is 2. The lowest BCUT2D eigenvalue weighted by Crippen LogP contribution is -2.34. The molecule has 2 amide bonds. The third-order valence-electron chi connectivity index (χ3n) is 5.02. The van der Waals surface area contributed by atoms with Crippen LogP contribution in [-0.2, 0) is 11.4 Å². The lowest BCUT2D eigenvalue weighted by atomic mass is 10.2. The Morgan fingerprint density at radius 1 is 1.00 bits per heavy atom. The molecule has 0 unspecified atom stereocenters. The fourth-order valence-electron chi connectivity index (χ4n) is 3.25. The maximum Gasteiger partial charge on any atom is 0.259 e. The monoisotopic (exact) mass is 509 g/mol. The predicted molar refractivity (Wildman–Crippen MR) is 134 cm³/mol. The van der Waals surface area contributed by atoms with Gasteiger partial charge in [0.05, 0.1) is 19.4 Å². The molecular weight excluding hydrogens is 486 g/mol. The van der Waals surface area contributed by atoms with Crippen LogP contribution < -0.4 is 29.7 Å². The number of nitrogens with zero attached hydrogens (tertiary/aromatic N) is 1. The van der Waals surface area contributed by atoms with Crippen LogP contribution in [0.15, 0.2) is 65.8 Å². The average Bonchev–Trinajstić information content (AvgIpc) is 3.36. The Hall–Kier alpha value is -4.24. The minimum absolute atomic E-state index is 0.117. The van der Waals surface area contributed by atoms with Crippen molar-refractivity contribution in [1.82, 2.24) is 10.7 Å². The van der Waals surface area contributed by atoms with Crippen LogP contribution in [0, 0.1) is 0 Å². The van der Waals surface area contributed by atoms with Gasteiger partial charge >= 0.3 is 0 Å². The van der Waals surface area contributed by atoms with E-state index in [1.54, 1.807) is 48.5 Å². The number of hydrogen-bond acceptors (Lipinski definition) is 7. The van der Waals surface area contributed by atoms with Gasteiger partial charge < -0.3 is 24.3 Å². The van der Waals surface area contributed by atoms with E-state index in [1.165, 1.54) is 6.21 Å². The third-order valence-corrected chi connectivity index (χ3v) is 5.27. The number of amides is 2. The molecule has 36 heavy (non-hydrogen) atoms. The minimum atomic E-state index is -0.478. The number of halogens is 1. The molecule has 0 saturated heterocycles. The molecule has 1 heterocycles. The molecule has 0 fully saturated rings. The molecule has 1 aliphatic rings. The number of nitrogens with one attached hydrogen (secondary N) is 2. The van der Waals surface area contributed by atoms with Crippen LogP contribution in [0.5, 0.6) is 23.0 Å². The molecule has 0 bridgehead atoms. The molecule has 4 rings (SSSR count). The topological polar surface area (TPSA) is 107 Å². The summed E-state index contributed by atoms with van der Waals surface area (Å²) in [5.74, 6) is 1.31. The summed E-state index contributed by atoms with van der Waals surface area (Å²) >= 11 is 5.92. The summed E-state index contributed by atoms with van der Waals surface area (Å²) in [7, 11) is 0. The summed E-state index contributed by atoms with van der Waals surface area (Å²) in [5, 5.41) is 7.15. The maximum absolute atomic E-state index is 12.3. The number of benzene rings is 3. The minimum Gasteiger partial charge on any atom is -0.490 e. The molecule has 2 N–H and O–H groups in total. The van der Waals surface area contributed by atoms with Crippen LogP contribution in [-0.4, -0.2) is 38.0 Å². The van der Waals surface area contributed by atoms with Crippen molar-refractivity contribution >= 4 is 29.6 Å². The molecule has 0 atom stereocenters. The van der Waals surface area contributed by atoms with Gasteiger partial charge in [-0.25, -0.2) is 5.43 Å². The smallest absolute Gasteiger partial charge is 0.259 e. The van der Waals surface area contributed by atoms with Gasteiger partial charge in [-0.1, -0.05) is 23.7 Å². The molecule has 0 radical (unpaired) electrons. The molecule has 1 aliphatic heterocycles. The molecule has 9 nitrogen and oxygen atoms in total. The van der Waals surface area contributed by atoms with Crippen LogP contribution in [0.25, 0.3) is 0 Å². The van der Waals surface area contributed by atoms with Gasteiger partial charge in [0.15, 0.2) is 23.0 Å². The van der Waals surface area contributed by atoms with Gasteiger partial charge in [-0.2, -0.15) is 5.10 Å². The summed E-state index contributed by atoms with van der Waals surface area (Å²) in [6, 6.07) is 17.5. The maximum atomic E-state index is 12.3. The molecule has 3 aromatic rings. The standard InChI is InChI=1S/C26H24ClN3O6/c1-2-33-23-11-18(5-9-21(23)34-15-17-3-7-20(27)8-4-17)13-29-30-25(31)14-28-26(32)19-6-10-22-24(12-19)36-16-35-22/h3-13H,2,14-16H2,1H3,(H,28,32)(H,30,31)/b29-13-. The second kappa shape index (κ2) is 11.9. The summed E-state index contributed by atoms with van der Waals surface area (Å²) in [6.45, 7) is 2.57. The van der Waals surface area contributed by atoms with E-state index in [-0.39, 0.29) is 13.3 Å². The quantitative estimate of drug-likeness (QED) is 0.317.